The lowest BCUT2D eigenvalue weighted by molar-refractivity contribution is -0.134. The number of allylic oxidation sites excluding steroid dienone is 2. The molecule has 2 aromatic carbocycles. The van der Waals surface area contributed by atoms with Crippen LogP contribution in [-0.2, 0) is 15.3 Å². The molecule has 8 nitrogen and oxygen atoms in total. The number of fused-ring (bicyclic) bond motifs is 1. The van der Waals surface area contributed by atoms with Gasteiger partial charge in [0.1, 0.15) is 17.6 Å². The highest BCUT2D eigenvalue weighted by Gasteiger charge is 2.42. The zero-order chi connectivity index (χ0) is 28.6. The number of hydrogen-bond donors (Lipinski definition) is 1. The maximum absolute atomic E-state index is 14.2. The van der Waals surface area contributed by atoms with E-state index < -0.39 is 6.04 Å². The number of ketones is 1. The Morgan fingerprint density at radius 1 is 1.10 bits per heavy atom. The molecule has 1 aliphatic carbocycles. The smallest absolute Gasteiger partial charge is 0.260 e. The molecule has 6 rings (SSSR count). The zero-order valence-electron chi connectivity index (χ0n) is 23.4. The molecule has 1 fully saturated rings. The number of carbonyl (C=O) groups is 2. The normalized spacial score (nSPS) is 19.8. The van der Waals surface area contributed by atoms with Crippen LogP contribution in [-0.4, -0.2) is 51.1 Å². The van der Waals surface area contributed by atoms with Crippen molar-refractivity contribution in [2.24, 2.45) is 5.41 Å². The van der Waals surface area contributed by atoms with Gasteiger partial charge in [0.25, 0.3) is 5.91 Å². The van der Waals surface area contributed by atoms with Crippen LogP contribution in [0.2, 0.25) is 0 Å². The van der Waals surface area contributed by atoms with Crippen molar-refractivity contribution in [3.63, 3.8) is 0 Å². The maximum Gasteiger partial charge on any atom is 0.260 e. The molecule has 1 amide bonds. The van der Waals surface area contributed by atoms with Crippen LogP contribution in [0.5, 0.6) is 5.75 Å². The Hall–Kier alpha value is -3.66. The highest BCUT2D eigenvalue weighted by atomic mass is 32.2. The van der Waals surface area contributed by atoms with Crippen LogP contribution in [0.25, 0.3) is 0 Å². The van der Waals surface area contributed by atoms with Gasteiger partial charge in [-0.2, -0.15) is 4.98 Å². The summed E-state index contributed by atoms with van der Waals surface area (Å²) in [6.07, 6.45) is 4.41. The van der Waals surface area contributed by atoms with Gasteiger partial charge in [0.2, 0.25) is 11.1 Å². The second-order valence-corrected chi connectivity index (χ2v) is 12.6. The van der Waals surface area contributed by atoms with E-state index in [1.54, 1.807) is 16.8 Å². The number of amides is 1. The lowest BCUT2D eigenvalue weighted by Crippen LogP contribution is -2.38. The molecule has 41 heavy (non-hydrogen) atoms. The van der Waals surface area contributed by atoms with Crippen LogP contribution in [0.4, 0.5) is 10.3 Å². The number of Topliss-reactive ketones (excluding diaryl/α,β-unsaturated/α-hetero) is 1. The number of halogens is 1. The van der Waals surface area contributed by atoms with Gasteiger partial charge in [0, 0.05) is 36.5 Å². The number of likely N-dealkylation sites (tertiary alicyclic amines) is 1. The first-order chi connectivity index (χ1) is 19.8. The summed E-state index contributed by atoms with van der Waals surface area (Å²) in [5, 5.41) is 8.65. The fraction of sp³-hybridized carbons (Fsp3) is 0.419. The highest BCUT2D eigenvalue weighted by Crippen LogP contribution is 2.46. The van der Waals surface area contributed by atoms with Crippen LogP contribution in [0.1, 0.15) is 63.1 Å². The van der Waals surface area contributed by atoms with E-state index in [9.17, 15) is 14.0 Å². The number of nitrogens with one attached hydrogen (secondary N) is 1. The molecule has 1 N–H and O–H groups in total. The van der Waals surface area contributed by atoms with Crippen LogP contribution in [0.3, 0.4) is 0 Å². The molecule has 3 aliphatic rings. The summed E-state index contributed by atoms with van der Waals surface area (Å²) in [5.74, 6) is 1.38. The molecular formula is C31H34FN5O3S. The van der Waals surface area contributed by atoms with Crippen molar-refractivity contribution in [3.8, 4) is 5.75 Å². The fourth-order valence-corrected chi connectivity index (χ4v) is 6.66. The number of ether oxygens (including phenoxy) is 1. The van der Waals surface area contributed by atoms with Crippen LogP contribution < -0.4 is 10.1 Å². The lowest BCUT2D eigenvalue weighted by Gasteiger charge is -2.38. The molecule has 3 heterocycles. The molecule has 1 aromatic heterocycles. The van der Waals surface area contributed by atoms with Crippen molar-refractivity contribution < 1.29 is 18.7 Å². The largest absolute Gasteiger partial charge is 0.484 e. The van der Waals surface area contributed by atoms with Crippen molar-refractivity contribution in [1.82, 2.24) is 19.7 Å². The predicted octanol–water partition coefficient (Wildman–Crippen LogP) is 5.76. The fourth-order valence-electron chi connectivity index (χ4n) is 5.84. The Bertz CT molecular complexity index is 1490. The summed E-state index contributed by atoms with van der Waals surface area (Å²) in [7, 11) is 0. The molecule has 0 saturated carbocycles. The second-order valence-electron chi connectivity index (χ2n) is 11.7. The van der Waals surface area contributed by atoms with Gasteiger partial charge in [-0.25, -0.2) is 9.07 Å². The standard InChI is InChI=1S/C31H34FN5O3S/c1-31(2)16-24-27(25(38)17-31)28(20-10-12-22(13-11-20)40-18-26(39)36-14-6-3-7-15-36)37-29(33-24)34-30(35-37)41-19-21-8-4-5-9-23(21)32/h4-5,8-13,28H,3,6-7,14-19H2,1-2H3,(H,33,34,35). The van der Waals surface area contributed by atoms with Gasteiger partial charge in [0.05, 0.1) is 0 Å². The van der Waals surface area contributed by atoms with E-state index >= 15 is 0 Å². The van der Waals surface area contributed by atoms with Crippen molar-refractivity contribution in [2.75, 3.05) is 25.0 Å². The topological polar surface area (TPSA) is 89.4 Å². The molecule has 214 valence electrons. The summed E-state index contributed by atoms with van der Waals surface area (Å²) >= 11 is 1.35. The van der Waals surface area contributed by atoms with E-state index in [-0.39, 0.29) is 29.5 Å². The average molecular weight is 576 g/mol. The number of rotatable bonds is 7. The van der Waals surface area contributed by atoms with E-state index in [0.717, 1.165) is 43.6 Å². The summed E-state index contributed by atoms with van der Waals surface area (Å²) in [4.78, 5) is 32.6. The molecular weight excluding hydrogens is 541 g/mol. The van der Waals surface area contributed by atoms with Gasteiger partial charge < -0.3 is 15.0 Å². The van der Waals surface area contributed by atoms with Gasteiger partial charge in [0.15, 0.2) is 12.4 Å². The summed E-state index contributed by atoms with van der Waals surface area (Å²) < 4.78 is 21.8. The number of nitrogens with zero attached hydrogens (tertiary/aromatic N) is 4. The van der Waals surface area contributed by atoms with E-state index in [1.807, 2.05) is 35.2 Å². The van der Waals surface area contributed by atoms with Gasteiger partial charge in [-0.3, -0.25) is 9.59 Å². The lowest BCUT2D eigenvalue weighted by atomic mass is 9.73. The maximum atomic E-state index is 14.2. The van der Waals surface area contributed by atoms with Crippen molar-refractivity contribution >= 4 is 29.4 Å². The molecule has 0 spiro atoms. The summed E-state index contributed by atoms with van der Waals surface area (Å²) in [6.45, 7) is 5.78. The van der Waals surface area contributed by atoms with Gasteiger partial charge >= 0.3 is 0 Å². The van der Waals surface area contributed by atoms with Gasteiger partial charge in [-0.1, -0.05) is 55.9 Å². The molecule has 0 bridgehead atoms. The minimum Gasteiger partial charge on any atom is -0.484 e. The Balaban J connectivity index is 1.25. The van der Waals surface area contributed by atoms with Crippen LogP contribution in [0, 0.1) is 11.2 Å². The van der Waals surface area contributed by atoms with E-state index in [0.29, 0.717) is 40.2 Å². The molecule has 1 unspecified atom stereocenters. The number of hydrogen-bond acceptors (Lipinski definition) is 7. The van der Waals surface area contributed by atoms with Crippen molar-refractivity contribution in [2.45, 2.75) is 62.9 Å². The molecule has 1 saturated heterocycles. The van der Waals surface area contributed by atoms with E-state index in [2.05, 4.69) is 19.2 Å². The van der Waals surface area contributed by atoms with Crippen LogP contribution >= 0.6 is 11.8 Å². The molecule has 10 heteroatoms. The third kappa shape index (κ3) is 5.88. The molecule has 0 radical (unpaired) electrons. The average Bonchev–Trinajstić information content (AvgIpc) is 3.37. The Labute approximate surface area is 243 Å². The minimum absolute atomic E-state index is 0.00464. The van der Waals surface area contributed by atoms with E-state index in [1.165, 1.54) is 24.2 Å². The third-order valence-corrected chi connectivity index (χ3v) is 8.78. The summed E-state index contributed by atoms with van der Waals surface area (Å²) in [6, 6.07) is 13.7. The number of thioether (sulfide) groups is 1. The highest BCUT2D eigenvalue weighted by molar-refractivity contribution is 7.98. The van der Waals surface area contributed by atoms with Gasteiger partial charge in [-0.05, 0) is 60.4 Å². The number of aromatic nitrogens is 3. The van der Waals surface area contributed by atoms with Crippen LogP contribution in [0.15, 0.2) is 65.0 Å². The number of anilines is 1. The first-order valence-electron chi connectivity index (χ1n) is 14.1. The summed E-state index contributed by atoms with van der Waals surface area (Å²) in [5.41, 5.74) is 2.85. The number of carbonyl (C=O) groups excluding carboxylic acids is 2. The Morgan fingerprint density at radius 2 is 1.85 bits per heavy atom. The van der Waals surface area contributed by atoms with E-state index in [4.69, 9.17) is 14.8 Å². The predicted molar refractivity (Wildman–Crippen MR) is 155 cm³/mol. The SMILES string of the molecule is CC1(C)CC(=O)C2=C(C1)Nc1nc(SCc3ccccc3F)nn1C2c1ccc(OCC(=O)N2CCCCC2)cc1. The molecule has 3 aromatic rings. The van der Waals surface area contributed by atoms with Gasteiger partial charge in [-0.15, -0.1) is 5.10 Å². The quantitative estimate of drug-likeness (QED) is 0.359. The third-order valence-electron chi connectivity index (χ3n) is 7.89. The van der Waals surface area contributed by atoms with Crippen molar-refractivity contribution in [1.29, 1.82) is 0 Å². The second kappa shape index (κ2) is 11.3. The van der Waals surface area contributed by atoms with Crippen molar-refractivity contribution in [3.05, 3.63) is 76.7 Å². The zero-order valence-corrected chi connectivity index (χ0v) is 24.2. The Morgan fingerprint density at radius 3 is 2.61 bits per heavy atom. The number of piperidine rings is 1. The molecule has 2 aliphatic heterocycles. The minimum atomic E-state index is -0.454. The first kappa shape index (κ1) is 27.5. The number of benzene rings is 2. The Kier molecular flexibility index (Phi) is 7.59. The monoisotopic (exact) mass is 575 g/mol. The molecule has 1 atom stereocenters. The first-order valence-corrected chi connectivity index (χ1v) is 15.1.